The molecular formula is C21H18Cl2N4O2S. The Morgan fingerprint density at radius 3 is 2.80 bits per heavy atom. The third-order valence-electron chi connectivity index (χ3n) is 4.92. The van der Waals surface area contributed by atoms with Gasteiger partial charge in [0.1, 0.15) is 11.0 Å². The number of amides is 2. The van der Waals surface area contributed by atoms with Crippen LogP contribution >= 0.6 is 34.5 Å². The summed E-state index contributed by atoms with van der Waals surface area (Å²) in [5, 5.41) is 6.40. The maximum absolute atomic E-state index is 13.0. The van der Waals surface area contributed by atoms with Gasteiger partial charge in [-0.15, -0.1) is 11.3 Å². The summed E-state index contributed by atoms with van der Waals surface area (Å²) < 4.78 is 0. The van der Waals surface area contributed by atoms with E-state index in [9.17, 15) is 9.59 Å². The zero-order valence-electron chi connectivity index (χ0n) is 15.8. The standard InChI is InChI=1S/C21H18Cl2N4O2S/c22-14-3-4-16(23)15(10-14)21(29)27-9-1-2-18(27)20(28)25-11-19-26-17(12-30-19)13-5-7-24-8-6-13/h3-8,10,12,18H,1-2,9,11H2,(H,25,28). The van der Waals surface area contributed by atoms with E-state index in [1.165, 1.54) is 17.4 Å². The number of rotatable bonds is 5. The van der Waals surface area contributed by atoms with E-state index in [-0.39, 0.29) is 11.8 Å². The van der Waals surface area contributed by atoms with Crippen LogP contribution in [0, 0.1) is 0 Å². The SMILES string of the molecule is O=C(NCc1nc(-c2ccncc2)cs1)C1CCCN1C(=O)c1cc(Cl)ccc1Cl. The first-order valence-electron chi connectivity index (χ1n) is 9.41. The Morgan fingerprint density at radius 1 is 1.20 bits per heavy atom. The molecule has 1 N–H and O–H groups in total. The van der Waals surface area contributed by atoms with Crippen LogP contribution in [0.15, 0.2) is 48.1 Å². The van der Waals surface area contributed by atoms with Crippen LogP contribution < -0.4 is 5.32 Å². The molecule has 2 aromatic heterocycles. The van der Waals surface area contributed by atoms with E-state index in [0.717, 1.165) is 22.7 Å². The van der Waals surface area contributed by atoms with Crippen LogP contribution in [0.3, 0.4) is 0 Å². The number of hydrogen-bond acceptors (Lipinski definition) is 5. The molecule has 0 radical (unpaired) electrons. The van der Waals surface area contributed by atoms with E-state index >= 15 is 0 Å². The molecule has 1 aromatic carbocycles. The van der Waals surface area contributed by atoms with Crippen LogP contribution in [0.4, 0.5) is 0 Å². The summed E-state index contributed by atoms with van der Waals surface area (Å²) in [6.45, 7) is 0.814. The van der Waals surface area contributed by atoms with Gasteiger partial charge in [-0.25, -0.2) is 4.98 Å². The van der Waals surface area contributed by atoms with Crippen LogP contribution in [-0.4, -0.2) is 39.3 Å². The van der Waals surface area contributed by atoms with Crippen molar-refractivity contribution in [1.29, 1.82) is 0 Å². The van der Waals surface area contributed by atoms with Crippen molar-refractivity contribution in [3.05, 3.63) is 68.7 Å². The highest BCUT2D eigenvalue weighted by Gasteiger charge is 2.35. The molecule has 9 heteroatoms. The maximum Gasteiger partial charge on any atom is 0.256 e. The molecular weight excluding hydrogens is 443 g/mol. The minimum absolute atomic E-state index is 0.195. The molecule has 0 bridgehead atoms. The first kappa shape index (κ1) is 20.8. The molecule has 1 fully saturated rings. The predicted molar refractivity (Wildman–Crippen MR) is 118 cm³/mol. The Morgan fingerprint density at radius 2 is 2.00 bits per heavy atom. The van der Waals surface area contributed by atoms with Gasteiger partial charge < -0.3 is 10.2 Å². The van der Waals surface area contributed by atoms with E-state index in [1.54, 1.807) is 29.4 Å². The fourth-order valence-corrected chi connectivity index (χ4v) is 4.54. The van der Waals surface area contributed by atoms with Crippen LogP contribution in [0.1, 0.15) is 28.2 Å². The quantitative estimate of drug-likeness (QED) is 0.610. The first-order valence-corrected chi connectivity index (χ1v) is 11.0. The summed E-state index contributed by atoms with van der Waals surface area (Å²) in [6.07, 6.45) is 4.79. The van der Waals surface area contributed by atoms with Gasteiger partial charge in [0.25, 0.3) is 5.91 Å². The Hall–Kier alpha value is -2.48. The first-order chi connectivity index (χ1) is 14.5. The summed E-state index contributed by atoms with van der Waals surface area (Å²) in [4.78, 5) is 35.9. The number of likely N-dealkylation sites (tertiary alicyclic amines) is 1. The number of carbonyl (C=O) groups excluding carboxylic acids is 2. The van der Waals surface area contributed by atoms with E-state index in [1.807, 2.05) is 17.5 Å². The van der Waals surface area contributed by atoms with Crippen LogP contribution in [0.25, 0.3) is 11.3 Å². The molecule has 2 amide bonds. The normalized spacial score (nSPS) is 15.9. The number of thiazole rings is 1. The third-order valence-corrected chi connectivity index (χ3v) is 6.33. The molecule has 30 heavy (non-hydrogen) atoms. The summed E-state index contributed by atoms with van der Waals surface area (Å²) in [5.74, 6) is -0.478. The number of benzene rings is 1. The van der Waals surface area contributed by atoms with Crippen molar-refractivity contribution in [2.24, 2.45) is 0 Å². The molecule has 1 aliphatic heterocycles. The number of carbonyl (C=O) groups is 2. The second-order valence-corrected chi connectivity index (χ2v) is 8.65. The summed E-state index contributed by atoms with van der Waals surface area (Å²) in [6, 6.07) is 8.00. The lowest BCUT2D eigenvalue weighted by atomic mass is 10.1. The average Bonchev–Trinajstić information content (AvgIpc) is 3.44. The van der Waals surface area contributed by atoms with E-state index < -0.39 is 6.04 Å². The average molecular weight is 461 g/mol. The topological polar surface area (TPSA) is 75.2 Å². The highest BCUT2D eigenvalue weighted by Crippen LogP contribution is 2.27. The molecule has 1 atom stereocenters. The molecule has 154 valence electrons. The predicted octanol–water partition coefficient (Wildman–Crippen LogP) is 4.43. The number of aromatic nitrogens is 2. The van der Waals surface area contributed by atoms with Crippen molar-refractivity contribution < 1.29 is 9.59 Å². The van der Waals surface area contributed by atoms with Crippen molar-refractivity contribution in [1.82, 2.24) is 20.2 Å². The lowest BCUT2D eigenvalue weighted by Gasteiger charge is -2.24. The van der Waals surface area contributed by atoms with Crippen LogP contribution in [0.5, 0.6) is 0 Å². The molecule has 0 aliphatic carbocycles. The van der Waals surface area contributed by atoms with Gasteiger partial charge in [0.15, 0.2) is 0 Å². The lowest BCUT2D eigenvalue weighted by Crippen LogP contribution is -2.45. The fraction of sp³-hybridized carbons (Fsp3) is 0.238. The summed E-state index contributed by atoms with van der Waals surface area (Å²) in [5.41, 5.74) is 2.13. The van der Waals surface area contributed by atoms with Crippen molar-refractivity contribution in [3.8, 4) is 11.3 Å². The monoisotopic (exact) mass is 460 g/mol. The second-order valence-electron chi connectivity index (χ2n) is 6.86. The fourth-order valence-electron chi connectivity index (χ4n) is 3.43. The Kier molecular flexibility index (Phi) is 6.32. The van der Waals surface area contributed by atoms with Crippen LogP contribution in [0.2, 0.25) is 10.0 Å². The third kappa shape index (κ3) is 4.48. The lowest BCUT2D eigenvalue weighted by molar-refractivity contribution is -0.125. The van der Waals surface area contributed by atoms with Crippen molar-refractivity contribution >= 4 is 46.4 Å². The molecule has 0 spiro atoms. The number of hydrogen-bond donors (Lipinski definition) is 1. The van der Waals surface area contributed by atoms with Gasteiger partial charge in [-0.3, -0.25) is 14.6 Å². The van der Waals surface area contributed by atoms with E-state index in [4.69, 9.17) is 23.2 Å². The number of nitrogens with one attached hydrogen (secondary N) is 1. The number of pyridine rings is 1. The summed E-state index contributed by atoms with van der Waals surface area (Å²) >= 11 is 13.7. The molecule has 4 rings (SSSR count). The highest BCUT2D eigenvalue weighted by molar-refractivity contribution is 7.09. The van der Waals surface area contributed by atoms with Gasteiger partial charge in [0, 0.05) is 34.9 Å². The highest BCUT2D eigenvalue weighted by atomic mass is 35.5. The number of nitrogens with zero attached hydrogens (tertiary/aromatic N) is 3. The van der Waals surface area contributed by atoms with Gasteiger partial charge in [0.2, 0.25) is 5.91 Å². The van der Waals surface area contributed by atoms with Gasteiger partial charge in [-0.2, -0.15) is 0 Å². The minimum atomic E-state index is -0.535. The largest absolute Gasteiger partial charge is 0.348 e. The molecule has 1 unspecified atom stereocenters. The van der Waals surface area contributed by atoms with Crippen LogP contribution in [-0.2, 0) is 11.3 Å². The molecule has 6 nitrogen and oxygen atoms in total. The molecule has 1 aliphatic rings. The maximum atomic E-state index is 13.0. The zero-order chi connectivity index (χ0) is 21.1. The van der Waals surface area contributed by atoms with E-state index in [0.29, 0.717) is 35.1 Å². The Bertz CT molecular complexity index is 1070. The molecule has 1 saturated heterocycles. The summed E-state index contributed by atoms with van der Waals surface area (Å²) in [7, 11) is 0. The van der Waals surface area contributed by atoms with Gasteiger partial charge in [-0.1, -0.05) is 23.2 Å². The molecule has 3 heterocycles. The second kappa shape index (κ2) is 9.12. The van der Waals surface area contributed by atoms with Gasteiger partial charge >= 0.3 is 0 Å². The Balaban J connectivity index is 1.41. The van der Waals surface area contributed by atoms with Crippen molar-refractivity contribution in [2.45, 2.75) is 25.4 Å². The zero-order valence-corrected chi connectivity index (χ0v) is 18.2. The molecule has 0 saturated carbocycles. The molecule has 3 aromatic rings. The van der Waals surface area contributed by atoms with Crippen molar-refractivity contribution in [3.63, 3.8) is 0 Å². The van der Waals surface area contributed by atoms with Gasteiger partial charge in [-0.05, 0) is 43.2 Å². The Labute approximate surface area is 187 Å². The van der Waals surface area contributed by atoms with Crippen molar-refractivity contribution in [2.75, 3.05) is 6.54 Å². The number of halogens is 2. The van der Waals surface area contributed by atoms with E-state index in [2.05, 4.69) is 15.3 Å². The smallest absolute Gasteiger partial charge is 0.256 e. The van der Waals surface area contributed by atoms with Gasteiger partial charge in [0.05, 0.1) is 22.8 Å². The minimum Gasteiger partial charge on any atom is -0.348 e.